The van der Waals surface area contributed by atoms with Crippen molar-refractivity contribution in [2.75, 3.05) is 6.54 Å². The van der Waals surface area contributed by atoms with Gasteiger partial charge in [0, 0.05) is 12.6 Å². The molecule has 4 heteroatoms. The van der Waals surface area contributed by atoms with E-state index in [1.807, 2.05) is 0 Å². The van der Waals surface area contributed by atoms with Crippen LogP contribution in [0.2, 0.25) is 0 Å². The Hall–Kier alpha value is -1.06. The maximum atomic E-state index is 12.1. The van der Waals surface area contributed by atoms with Crippen LogP contribution in [0.1, 0.15) is 58.8 Å². The number of carbonyl (C=O) groups is 2. The molecule has 2 aliphatic rings. The molecular formula is C16H28N2O2. The monoisotopic (exact) mass is 280 g/mol. The van der Waals surface area contributed by atoms with E-state index in [-0.39, 0.29) is 23.7 Å². The van der Waals surface area contributed by atoms with Crippen molar-refractivity contribution < 1.29 is 9.59 Å². The van der Waals surface area contributed by atoms with E-state index >= 15 is 0 Å². The van der Waals surface area contributed by atoms with Gasteiger partial charge >= 0.3 is 0 Å². The van der Waals surface area contributed by atoms with Crippen molar-refractivity contribution in [2.24, 2.45) is 17.8 Å². The molecule has 114 valence electrons. The van der Waals surface area contributed by atoms with E-state index in [9.17, 15) is 9.59 Å². The Morgan fingerprint density at radius 2 is 1.70 bits per heavy atom. The molecule has 0 spiro atoms. The topological polar surface area (TPSA) is 58.2 Å². The van der Waals surface area contributed by atoms with Crippen LogP contribution in [0.3, 0.4) is 0 Å². The van der Waals surface area contributed by atoms with Gasteiger partial charge in [-0.1, -0.05) is 33.1 Å². The maximum absolute atomic E-state index is 12.1. The lowest BCUT2D eigenvalue weighted by atomic mass is 9.95. The van der Waals surface area contributed by atoms with Gasteiger partial charge in [-0.25, -0.2) is 0 Å². The highest BCUT2D eigenvalue weighted by molar-refractivity contribution is 5.92. The molecule has 2 atom stereocenters. The average molecular weight is 280 g/mol. The van der Waals surface area contributed by atoms with Gasteiger partial charge in [0.2, 0.25) is 11.8 Å². The van der Waals surface area contributed by atoms with E-state index in [0.717, 1.165) is 32.2 Å². The highest BCUT2D eigenvalue weighted by Crippen LogP contribution is 2.39. The Balaban J connectivity index is 1.65. The predicted molar refractivity (Wildman–Crippen MR) is 79.1 cm³/mol. The number of nitrogens with one attached hydrogen (secondary N) is 2. The van der Waals surface area contributed by atoms with Gasteiger partial charge in [0.05, 0.1) is 11.8 Å². The zero-order valence-electron chi connectivity index (χ0n) is 12.8. The summed E-state index contributed by atoms with van der Waals surface area (Å²) in [6, 6.07) is 0.349. The number of hydrogen-bond donors (Lipinski definition) is 2. The largest absolute Gasteiger partial charge is 0.356 e. The van der Waals surface area contributed by atoms with Crippen molar-refractivity contribution in [3.8, 4) is 0 Å². The summed E-state index contributed by atoms with van der Waals surface area (Å²) < 4.78 is 0. The quantitative estimate of drug-likeness (QED) is 0.784. The van der Waals surface area contributed by atoms with Gasteiger partial charge in [0.15, 0.2) is 0 Å². The molecule has 2 fully saturated rings. The minimum Gasteiger partial charge on any atom is -0.356 e. The molecule has 0 aliphatic heterocycles. The van der Waals surface area contributed by atoms with Crippen molar-refractivity contribution in [1.82, 2.24) is 10.6 Å². The second-order valence-corrected chi connectivity index (χ2v) is 6.77. The standard InChI is InChI=1S/C16H28N2O2/c1-11(2)8-9-17-15(19)13-10-14(13)16(20)18-12-6-4-3-5-7-12/h11-14H,3-10H2,1-2H3,(H,17,19)(H,18,20). The highest BCUT2D eigenvalue weighted by atomic mass is 16.2. The fourth-order valence-corrected chi connectivity index (χ4v) is 2.94. The first-order valence-corrected chi connectivity index (χ1v) is 8.16. The summed E-state index contributed by atoms with van der Waals surface area (Å²) in [5.41, 5.74) is 0. The first-order valence-electron chi connectivity index (χ1n) is 8.16. The Morgan fingerprint density at radius 1 is 1.05 bits per heavy atom. The molecule has 2 aliphatic carbocycles. The Morgan fingerprint density at radius 3 is 2.35 bits per heavy atom. The van der Waals surface area contributed by atoms with Crippen LogP contribution in [0, 0.1) is 17.8 Å². The van der Waals surface area contributed by atoms with Crippen molar-refractivity contribution in [1.29, 1.82) is 0 Å². The predicted octanol–water partition coefficient (Wildman–Crippen LogP) is 2.23. The molecule has 0 aromatic heterocycles. The second kappa shape index (κ2) is 7.09. The van der Waals surface area contributed by atoms with Gasteiger partial charge in [0.25, 0.3) is 0 Å². The third kappa shape index (κ3) is 4.50. The lowest BCUT2D eigenvalue weighted by Gasteiger charge is -2.22. The van der Waals surface area contributed by atoms with Crippen LogP contribution in [-0.2, 0) is 9.59 Å². The van der Waals surface area contributed by atoms with Gasteiger partial charge in [-0.2, -0.15) is 0 Å². The summed E-state index contributed by atoms with van der Waals surface area (Å²) in [7, 11) is 0. The van der Waals surface area contributed by atoms with Crippen molar-refractivity contribution in [3.63, 3.8) is 0 Å². The number of rotatable bonds is 6. The molecule has 2 rings (SSSR count). The average Bonchev–Trinajstić information content (AvgIpc) is 3.19. The zero-order valence-corrected chi connectivity index (χ0v) is 12.8. The van der Waals surface area contributed by atoms with E-state index in [1.165, 1.54) is 19.3 Å². The number of hydrogen-bond acceptors (Lipinski definition) is 2. The minimum atomic E-state index is -0.0780. The summed E-state index contributed by atoms with van der Waals surface area (Å²) >= 11 is 0. The minimum absolute atomic E-state index is 0.0643. The third-order valence-corrected chi connectivity index (χ3v) is 4.44. The first kappa shape index (κ1) is 15.3. The Bertz CT molecular complexity index is 348. The molecule has 0 radical (unpaired) electrons. The SMILES string of the molecule is CC(C)CCNC(=O)C1CC1C(=O)NC1CCCCC1. The van der Waals surface area contributed by atoms with Gasteiger partial charge in [-0.05, 0) is 31.6 Å². The molecule has 2 saturated carbocycles. The van der Waals surface area contributed by atoms with Gasteiger partial charge in [-0.3, -0.25) is 9.59 Å². The van der Waals surface area contributed by atoms with Gasteiger partial charge in [0.1, 0.15) is 0 Å². The molecular weight excluding hydrogens is 252 g/mol. The molecule has 2 unspecified atom stereocenters. The molecule has 0 aromatic carbocycles. The van der Waals surface area contributed by atoms with Crippen molar-refractivity contribution >= 4 is 11.8 Å². The van der Waals surface area contributed by atoms with Crippen LogP contribution >= 0.6 is 0 Å². The van der Waals surface area contributed by atoms with E-state index in [2.05, 4.69) is 24.5 Å². The molecule has 2 N–H and O–H groups in total. The molecule has 0 heterocycles. The fourth-order valence-electron chi connectivity index (χ4n) is 2.94. The second-order valence-electron chi connectivity index (χ2n) is 6.77. The molecule has 2 amide bonds. The van der Waals surface area contributed by atoms with Crippen LogP contribution in [-0.4, -0.2) is 24.4 Å². The van der Waals surface area contributed by atoms with Crippen LogP contribution < -0.4 is 10.6 Å². The zero-order chi connectivity index (χ0) is 14.5. The highest BCUT2D eigenvalue weighted by Gasteiger charge is 2.48. The fraction of sp³-hybridized carbons (Fsp3) is 0.875. The summed E-state index contributed by atoms with van der Waals surface area (Å²) in [5, 5.41) is 6.07. The van der Waals surface area contributed by atoms with Gasteiger partial charge in [-0.15, -0.1) is 0 Å². The van der Waals surface area contributed by atoms with Crippen molar-refractivity contribution in [2.45, 2.75) is 64.8 Å². The van der Waals surface area contributed by atoms with E-state index in [1.54, 1.807) is 0 Å². The van der Waals surface area contributed by atoms with E-state index in [0.29, 0.717) is 12.0 Å². The van der Waals surface area contributed by atoms with Crippen LogP contribution in [0.5, 0.6) is 0 Å². The number of amides is 2. The van der Waals surface area contributed by atoms with E-state index in [4.69, 9.17) is 0 Å². The normalized spacial score (nSPS) is 26.4. The van der Waals surface area contributed by atoms with Crippen molar-refractivity contribution in [3.05, 3.63) is 0 Å². The molecule has 4 nitrogen and oxygen atoms in total. The summed E-state index contributed by atoms with van der Waals surface area (Å²) in [4.78, 5) is 24.0. The summed E-state index contributed by atoms with van der Waals surface area (Å²) in [5.74, 6) is 0.608. The van der Waals surface area contributed by atoms with E-state index < -0.39 is 0 Å². The smallest absolute Gasteiger partial charge is 0.224 e. The lowest BCUT2D eigenvalue weighted by Crippen LogP contribution is -2.38. The molecule has 0 aromatic rings. The van der Waals surface area contributed by atoms with Crippen LogP contribution in [0.4, 0.5) is 0 Å². The molecule has 20 heavy (non-hydrogen) atoms. The summed E-state index contributed by atoms with van der Waals surface area (Å²) in [6.45, 7) is 5.01. The van der Waals surface area contributed by atoms with Crippen LogP contribution in [0.25, 0.3) is 0 Å². The Kier molecular flexibility index (Phi) is 5.44. The first-order chi connectivity index (χ1) is 9.58. The lowest BCUT2D eigenvalue weighted by molar-refractivity contribution is -0.127. The maximum Gasteiger partial charge on any atom is 0.224 e. The Labute approximate surface area is 122 Å². The summed E-state index contributed by atoms with van der Waals surface area (Å²) in [6.07, 6.45) is 7.65. The molecule has 0 saturated heterocycles. The number of carbonyl (C=O) groups excluding carboxylic acids is 2. The van der Waals surface area contributed by atoms with Crippen LogP contribution in [0.15, 0.2) is 0 Å². The van der Waals surface area contributed by atoms with Gasteiger partial charge < -0.3 is 10.6 Å². The third-order valence-electron chi connectivity index (χ3n) is 4.44. The molecule has 0 bridgehead atoms.